The van der Waals surface area contributed by atoms with Crippen LogP contribution >= 0.6 is 0 Å². The zero-order valence-corrected chi connectivity index (χ0v) is 21.4. The van der Waals surface area contributed by atoms with E-state index in [4.69, 9.17) is 9.47 Å². The fourth-order valence-corrected chi connectivity index (χ4v) is 7.62. The highest BCUT2D eigenvalue weighted by atomic mass is 16.5. The third kappa shape index (κ3) is 4.16. The minimum Gasteiger partial charge on any atom is -0.466 e. The molecule has 0 spiro atoms. The predicted molar refractivity (Wildman–Crippen MR) is 129 cm³/mol. The van der Waals surface area contributed by atoms with Crippen molar-refractivity contribution < 1.29 is 9.47 Å². The Bertz CT molecular complexity index is 706. The summed E-state index contributed by atoms with van der Waals surface area (Å²) < 4.78 is 12.6. The molecule has 0 N–H and O–H groups in total. The summed E-state index contributed by atoms with van der Waals surface area (Å²) in [5.41, 5.74) is 0.525. The molecule has 0 saturated heterocycles. The molecule has 0 radical (unpaired) electrons. The first-order valence-electron chi connectivity index (χ1n) is 13.3. The van der Waals surface area contributed by atoms with Crippen molar-refractivity contribution in [1.82, 2.24) is 0 Å². The Morgan fingerprint density at radius 3 is 2.55 bits per heavy atom. The SMILES string of the molecule is COC1CCC2(C)C3=CCC4(C)C(CCC4C(C)CCC(C)C(C)C)C(=CCC2C1)O3. The van der Waals surface area contributed by atoms with E-state index in [9.17, 15) is 0 Å². The molecule has 0 aromatic rings. The molecule has 31 heavy (non-hydrogen) atoms. The van der Waals surface area contributed by atoms with Gasteiger partial charge in [0.1, 0.15) is 11.5 Å². The average molecular weight is 429 g/mol. The van der Waals surface area contributed by atoms with E-state index in [1.165, 1.54) is 56.5 Å². The van der Waals surface area contributed by atoms with Crippen LogP contribution in [0.15, 0.2) is 23.7 Å². The van der Waals surface area contributed by atoms with Crippen molar-refractivity contribution in [2.45, 2.75) is 105 Å². The number of allylic oxidation sites excluding steroid dienone is 4. The molecular weight excluding hydrogens is 380 g/mol. The fourth-order valence-electron chi connectivity index (χ4n) is 7.62. The van der Waals surface area contributed by atoms with Gasteiger partial charge in [0, 0.05) is 18.4 Å². The highest BCUT2D eigenvalue weighted by molar-refractivity contribution is 5.25. The Morgan fingerprint density at radius 2 is 1.84 bits per heavy atom. The molecule has 8 atom stereocenters. The van der Waals surface area contributed by atoms with Crippen molar-refractivity contribution in [1.29, 1.82) is 0 Å². The summed E-state index contributed by atoms with van der Waals surface area (Å²) in [6.07, 6.45) is 16.8. The van der Waals surface area contributed by atoms with Gasteiger partial charge in [0.25, 0.3) is 0 Å². The normalized spacial score (nSPS) is 41.8. The Morgan fingerprint density at radius 1 is 1.06 bits per heavy atom. The summed E-state index contributed by atoms with van der Waals surface area (Å²) in [6.45, 7) is 14.8. The summed E-state index contributed by atoms with van der Waals surface area (Å²) in [5.74, 6) is 7.10. The summed E-state index contributed by atoms with van der Waals surface area (Å²) in [7, 11) is 1.88. The fraction of sp³-hybridized carbons (Fsp3) is 0.862. The monoisotopic (exact) mass is 428 g/mol. The molecule has 0 aromatic heterocycles. The van der Waals surface area contributed by atoms with Gasteiger partial charge in [-0.15, -0.1) is 0 Å². The van der Waals surface area contributed by atoms with Gasteiger partial charge >= 0.3 is 0 Å². The third-order valence-electron chi connectivity index (χ3n) is 10.5. The number of hydrogen-bond donors (Lipinski definition) is 0. The van der Waals surface area contributed by atoms with Crippen LogP contribution in [0, 0.1) is 46.3 Å². The van der Waals surface area contributed by atoms with Crippen LogP contribution in [0.4, 0.5) is 0 Å². The molecule has 176 valence electrons. The van der Waals surface area contributed by atoms with E-state index < -0.39 is 0 Å². The van der Waals surface area contributed by atoms with Crippen LogP contribution in [-0.4, -0.2) is 13.2 Å². The first-order chi connectivity index (χ1) is 14.7. The van der Waals surface area contributed by atoms with Crippen LogP contribution in [-0.2, 0) is 9.47 Å². The number of rotatable bonds is 6. The third-order valence-corrected chi connectivity index (χ3v) is 10.5. The number of methoxy groups -OCH3 is 1. The van der Waals surface area contributed by atoms with E-state index in [2.05, 4.69) is 53.7 Å². The number of fused-ring (bicyclic) bond motifs is 6. The zero-order valence-electron chi connectivity index (χ0n) is 21.4. The van der Waals surface area contributed by atoms with Crippen LogP contribution in [0.1, 0.15) is 99.3 Å². The van der Waals surface area contributed by atoms with Crippen molar-refractivity contribution in [3.8, 4) is 0 Å². The predicted octanol–water partition coefficient (Wildman–Crippen LogP) is 8.14. The Hall–Kier alpha value is -0.760. The first kappa shape index (κ1) is 23.4. The van der Waals surface area contributed by atoms with Crippen molar-refractivity contribution >= 4 is 0 Å². The average Bonchev–Trinajstić information content (AvgIpc) is 2.92. The second kappa shape index (κ2) is 8.88. The van der Waals surface area contributed by atoms with Crippen LogP contribution in [0.3, 0.4) is 0 Å². The van der Waals surface area contributed by atoms with Crippen LogP contribution in [0.2, 0.25) is 0 Å². The molecule has 2 nitrogen and oxygen atoms in total. The summed E-state index contributed by atoms with van der Waals surface area (Å²) in [6, 6.07) is 0. The highest BCUT2D eigenvalue weighted by Crippen LogP contribution is 2.61. The van der Waals surface area contributed by atoms with E-state index in [-0.39, 0.29) is 5.41 Å². The Kier molecular flexibility index (Phi) is 6.70. The van der Waals surface area contributed by atoms with Gasteiger partial charge in [-0.1, -0.05) is 54.4 Å². The van der Waals surface area contributed by atoms with Crippen LogP contribution in [0.25, 0.3) is 0 Å². The molecule has 2 aliphatic heterocycles. The zero-order chi connectivity index (χ0) is 22.4. The van der Waals surface area contributed by atoms with E-state index in [1.54, 1.807) is 0 Å². The van der Waals surface area contributed by atoms with Gasteiger partial charge in [-0.2, -0.15) is 0 Å². The van der Waals surface area contributed by atoms with Crippen LogP contribution < -0.4 is 0 Å². The molecular formula is C29H48O2. The summed E-state index contributed by atoms with van der Waals surface area (Å²) in [5, 5.41) is 0. The lowest BCUT2D eigenvalue weighted by atomic mass is 9.62. The number of hydrogen-bond acceptors (Lipinski definition) is 2. The molecule has 0 aromatic carbocycles. The molecule has 4 aliphatic rings. The minimum atomic E-state index is 0.177. The van der Waals surface area contributed by atoms with Gasteiger partial charge in [-0.05, 0) is 92.1 Å². The summed E-state index contributed by atoms with van der Waals surface area (Å²) in [4.78, 5) is 0. The molecule has 2 fully saturated rings. The Labute approximate surface area is 192 Å². The lowest BCUT2D eigenvalue weighted by Gasteiger charge is -2.43. The molecule has 2 heteroatoms. The summed E-state index contributed by atoms with van der Waals surface area (Å²) >= 11 is 0. The second-order valence-electron chi connectivity index (χ2n) is 12.5. The molecule has 4 rings (SSSR count). The molecule has 8 unspecified atom stereocenters. The first-order valence-corrected chi connectivity index (χ1v) is 13.3. The van der Waals surface area contributed by atoms with Gasteiger partial charge in [-0.25, -0.2) is 0 Å². The van der Waals surface area contributed by atoms with Gasteiger partial charge in [0.2, 0.25) is 0 Å². The van der Waals surface area contributed by atoms with Crippen molar-refractivity contribution in [3.05, 3.63) is 23.7 Å². The standard InChI is InChI=1S/C29H48O2/c1-19(2)20(3)8-9-21(4)24-11-12-25-26-13-10-22-18-23(30-7)14-16-28(22,5)27(31-26)15-17-29(24,25)6/h13,15,19-25H,8-12,14,16-18H2,1-7H3. The van der Waals surface area contributed by atoms with E-state index >= 15 is 0 Å². The lowest BCUT2D eigenvalue weighted by Crippen LogP contribution is -2.38. The van der Waals surface area contributed by atoms with E-state index in [1.807, 2.05) is 7.11 Å². The molecule has 2 saturated carbocycles. The van der Waals surface area contributed by atoms with Gasteiger partial charge < -0.3 is 9.47 Å². The minimum absolute atomic E-state index is 0.177. The topological polar surface area (TPSA) is 18.5 Å². The quantitative estimate of drug-likeness (QED) is 0.425. The van der Waals surface area contributed by atoms with Gasteiger partial charge in [0.05, 0.1) is 6.10 Å². The molecule has 2 bridgehead atoms. The van der Waals surface area contributed by atoms with E-state index in [0.717, 1.165) is 36.5 Å². The second-order valence-corrected chi connectivity index (χ2v) is 12.5. The van der Waals surface area contributed by atoms with Crippen molar-refractivity contribution in [3.63, 3.8) is 0 Å². The number of ether oxygens (including phenoxy) is 2. The maximum atomic E-state index is 6.83. The van der Waals surface area contributed by atoms with Gasteiger partial charge in [0.15, 0.2) is 0 Å². The highest BCUT2D eigenvalue weighted by Gasteiger charge is 2.54. The van der Waals surface area contributed by atoms with Crippen LogP contribution in [0.5, 0.6) is 0 Å². The van der Waals surface area contributed by atoms with Crippen molar-refractivity contribution in [2.24, 2.45) is 46.3 Å². The molecule has 0 amide bonds. The molecule has 2 heterocycles. The smallest absolute Gasteiger partial charge is 0.106 e. The van der Waals surface area contributed by atoms with Gasteiger partial charge in [-0.3, -0.25) is 0 Å². The molecule has 2 aliphatic carbocycles. The lowest BCUT2D eigenvalue weighted by molar-refractivity contribution is -0.00758. The largest absolute Gasteiger partial charge is 0.466 e. The Balaban J connectivity index is 1.55. The maximum Gasteiger partial charge on any atom is 0.106 e. The van der Waals surface area contributed by atoms with E-state index in [0.29, 0.717) is 23.4 Å². The maximum absolute atomic E-state index is 6.83. The van der Waals surface area contributed by atoms with Crippen molar-refractivity contribution in [2.75, 3.05) is 7.11 Å².